The van der Waals surface area contributed by atoms with E-state index in [0.29, 0.717) is 13.0 Å². The molecule has 2 aliphatic rings. The Labute approximate surface area is 279 Å². The summed E-state index contributed by atoms with van der Waals surface area (Å²) in [7, 11) is -4.21. The molecule has 5 unspecified atom stereocenters. The highest BCUT2D eigenvalue weighted by molar-refractivity contribution is 7.89. The van der Waals surface area contributed by atoms with Crippen molar-refractivity contribution in [3.8, 4) is 0 Å². The average Bonchev–Trinajstić information content (AvgIpc) is 3.66. The Morgan fingerprint density at radius 3 is 2.58 bits per heavy atom. The molecule has 0 spiro atoms. The molecule has 48 heavy (non-hydrogen) atoms. The maximum absolute atomic E-state index is 14.2. The van der Waals surface area contributed by atoms with Gasteiger partial charge < -0.3 is 35.7 Å². The van der Waals surface area contributed by atoms with Crippen molar-refractivity contribution in [1.29, 1.82) is 0 Å². The van der Waals surface area contributed by atoms with Crippen molar-refractivity contribution in [2.24, 2.45) is 11.8 Å². The molecule has 5 atom stereocenters. The number of alkyl carbamates (subject to hydrolysis) is 1. The molecular weight excluding hydrogens is 646 g/mol. The standard InChI is InChI=1S/C34H42F2N4O7S/c1-21(2)18-40(48(43,44)25-10-11-28(37)29(16-25)38-17-23-8-9-24(35)15-27(23)36)19-31(41)30(14-22-6-4-3-5-7-22)39-34(42)47-32-20-46-33-26(32)12-13-45-33/h3-11,15-16,21,26,30-33,38,41H,12-14,17-20,37H2,1-2H3,(H,39,42). The van der Waals surface area contributed by atoms with Crippen LogP contribution < -0.4 is 16.4 Å². The van der Waals surface area contributed by atoms with Crippen molar-refractivity contribution in [2.45, 2.75) is 62.7 Å². The molecule has 0 radical (unpaired) electrons. The van der Waals surface area contributed by atoms with Crippen molar-refractivity contribution < 1.29 is 41.3 Å². The van der Waals surface area contributed by atoms with E-state index in [9.17, 15) is 27.1 Å². The molecule has 5 N–H and O–H groups in total. The van der Waals surface area contributed by atoms with Crippen LogP contribution in [0.4, 0.5) is 25.0 Å². The zero-order chi connectivity index (χ0) is 34.4. The van der Waals surface area contributed by atoms with E-state index < -0.39 is 52.3 Å². The number of benzene rings is 3. The molecular formula is C34H42F2N4O7S. The first-order valence-electron chi connectivity index (χ1n) is 15.9. The van der Waals surface area contributed by atoms with Gasteiger partial charge in [-0.15, -0.1) is 0 Å². The molecule has 2 fully saturated rings. The van der Waals surface area contributed by atoms with Crippen molar-refractivity contribution in [3.05, 3.63) is 89.5 Å². The molecule has 2 heterocycles. The minimum Gasteiger partial charge on any atom is -0.443 e. The molecule has 3 aromatic rings. The summed E-state index contributed by atoms with van der Waals surface area (Å²) in [5, 5.41) is 17.3. The molecule has 260 valence electrons. The number of ether oxygens (including phenoxy) is 3. The molecule has 0 aliphatic carbocycles. The normalized spacial score (nSPS) is 20.4. The lowest BCUT2D eigenvalue weighted by atomic mass is 10.0. The smallest absolute Gasteiger partial charge is 0.407 e. The lowest BCUT2D eigenvalue weighted by molar-refractivity contribution is -0.0907. The Hall–Kier alpha value is -3.82. The average molecular weight is 689 g/mol. The van der Waals surface area contributed by atoms with E-state index >= 15 is 0 Å². The van der Waals surface area contributed by atoms with Crippen LogP contribution in [0, 0.1) is 23.5 Å². The van der Waals surface area contributed by atoms with Gasteiger partial charge in [0.2, 0.25) is 10.0 Å². The summed E-state index contributed by atoms with van der Waals surface area (Å²) in [6.07, 6.45) is -2.08. The van der Waals surface area contributed by atoms with Crippen LogP contribution >= 0.6 is 0 Å². The number of nitrogen functional groups attached to an aromatic ring is 1. The molecule has 0 aromatic heterocycles. The van der Waals surface area contributed by atoms with E-state index in [2.05, 4.69) is 10.6 Å². The van der Waals surface area contributed by atoms with Gasteiger partial charge in [0, 0.05) is 31.3 Å². The van der Waals surface area contributed by atoms with Gasteiger partial charge in [0.15, 0.2) is 6.29 Å². The van der Waals surface area contributed by atoms with Gasteiger partial charge in [0.1, 0.15) is 17.7 Å². The molecule has 1 amide bonds. The third-order valence-corrected chi connectivity index (χ3v) is 10.2. The number of carbonyl (C=O) groups excluding carboxylic acids is 1. The highest BCUT2D eigenvalue weighted by atomic mass is 32.2. The van der Waals surface area contributed by atoms with Crippen LogP contribution in [-0.2, 0) is 37.2 Å². The molecule has 5 rings (SSSR count). The quantitative estimate of drug-likeness (QED) is 0.182. The number of rotatable bonds is 14. The lowest BCUT2D eigenvalue weighted by Gasteiger charge is -2.31. The number of nitrogens with one attached hydrogen (secondary N) is 2. The number of hydrogen-bond donors (Lipinski definition) is 4. The van der Waals surface area contributed by atoms with Gasteiger partial charge in [-0.25, -0.2) is 22.0 Å². The van der Waals surface area contributed by atoms with Gasteiger partial charge in [-0.3, -0.25) is 0 Å². The van der Waals surface area contributed by atoms with E-state index in [1.165, 1.54) is 28.6 Å². The number of sulfonamides is 1. The first kappa shape index (κ1) is 35.5. The van der Waals surface area contributed by atoms with E-state index in [0.717, 1.165) is 17.7 Å². The van der Waals surface area contributed by atoms with Crippen LogP contribution in [-0.4, -0.2) is 74.8 Å². The maximum Gasteiger partial charge on any atom is 0.407 e. The maximum atomic E-state index is 14.2. The van der Waals surface area contributed by atoms with Crippen molar-refractivity contribution in [3.63, 3.8) is 0 Å². The Morgan fingerprint density at radius 1 is 1.08 bits per heavy atom. The number of aliphatic hydroxyl groups excluding tert-OH is 1. The summed E-state index contributed by atoms with van der Waals surface area (Å²) >= 11 is 0. The van der Waals surface area contributed by atoms with E-state index in [4.69, 9.17) is 19.9 Å². The SMILES string of the molecule is CC(C)CN(CC(O)C(Cc1ccccc1)NC(=O)OC1COC2OCCC12)S(=O)(=O)c1ccc(N)c(NCc2ccc(F)cc2F)c1. The summed E-state index contributed by atoms with van der Waals surface area (Å²) in [5.41, 5.74) is 7.56. The minimum atomic E-state index is -4.21. The van der Waals surface area contributed by atoms with Gasteiger partial charge in [0.05, 0.1) is 47.5 Å². The first-order valence-corrected chi connectivity index (χ1v) is 17.3. The van der Waals surface area contributed by atoms with Gasteiger partial charge in [-0.05, 0) is 48.6 Å². The number of nitrogens with two attached hydrogens (primary N) is 1. The number of carbonyl (C=O) groups is 1. The summed E-state index contributed by atoms with van der Waals surface area (Å²) in [5.74, 6) is -1.66. The summed E-state index contributed by atoms with van der Waals surface area (Å²) in [6.45, 7) is 4.08. The summed E-state index contributed by atoms with van der Waals surface area (Å²) in [6, 6.07) is 15.6. The lowest BCUT2D eigenvalue weighted by Crippen LogP contribution is -2.51. The number of anilines is 2. The third kappa shape index (κ3) is 8.80. The zero-order valence-corrected chi connectivity index (χ0v) is 27.7. The van der Waals surface area contributed by atoms with Crippen LogP contribution in [0.3, 0.4) is 0 Å². The highest BCUT2D eigenvalue weighted by Gasteiger charge is 2.44. The Kier molecular flexibility index (Phi) is 11.5. The highest BCUT2D eigenvalue weighted by Crippen LogP contribution is 2.33. The third-order valence-electron chi connectivity index (χ3n) is 8.42. The van der Waals surface area contributed by atoms with Crippen molar-refractivity contribution in [2.75, 3.05) is 37.4 Å². The van der Waals surface area contributed by atoms with E-state index in [-0.39, 0.29) is 66.3 Å². The van der Waals surface area contributed by atoms with Crippen LogP contribution in [0.1, 0.15) is 31.4 Å². The number of nitrogens with zero attached hydrogens (tertiary/aromatic N) is 1. The fraction of sp³-hybridized carbons (Fsp3) is 0.441. The van der Waals surface area contributed by atoms with E-state index in [1.54, 1.807) is 0 Å². The first-order chi connectivity index (χ1) is 22.9. The van der Waals surface area contributed by atoms with Gasteiger partial charge in [0.25, 0.3) is 0 Å². The predicted octanol–water partition coefficient (Wildman–Crippen LogP) is 4.27. The molecule has 3 aromatic carbocycles. The van der Waals surface area contributed by atoms with Crippen molar-refractivity contribution >= 4 is 27.5 Å². The second-order valence-corrected chi connectivity index (χ2v) is 14.5. The Balaban J connectivity index is 1.33. The predicted molar refractivity (Wildman–Crippen MR) is 175 cm³/mol. The number of aliphatic hydroxyl groups is 1. The molecule has 0 saturated carbocycles. The fourth-order valence-corrected chi connectivity index (χ4v) is 7.54. The van der Waals surface area contributed by atoms with Gasteiger partial charge in [-0.2, -0.15) is 4.31 Å². The second-order valence-electron chi connectivity index (χ2n) is 12.5. The van der Waals surface area contributed by atoms with Crippen LogP contribution in [0.25, 0.3) is 0 Å². The van der Waals surface area contributed by atoms with Crippen LogP contribution in [0.2, 0.25) is 0 Å². The van der Waals surface area contributed by atoms with E-state index in [1.807, 2.05) is 44.2 Å². The minimum absolute atomic E-state index is 0.0678. The molecule has 2 saturated heterocycles. The molecule has 0 bridgehead atoms. The molecule has 11 nitrogen and oxygen atoms in total. The number of amides is 1. The zero-order valence-electron chi connectivity index (χ0n) is 26.9. The number of halogens is 2. The van der Waals surface area contributed by atoms with Crippen LogP contribution in [0.5, 0.6) is 0 Å². The molecule has 2 aliphatic heterocycles. The fourth-order valence-electron chi connectivity index (χ4n) is 5.89. The second kappa shape index (κ2) is 15.6. The molecule has 14 heteroatoms. The topological polar surface area (TPSA) is 152 Å². The van der Waals surface area contributed by atoms with Crippen LogP contribution in [0.15, 0.2) is 71.6 Å². The van der Waals surface area contributed by atoms with Gasteiger partial charge >= 0.3 is 6.09 Å². The number of fused-ring (bicyclic) bond motifs is 1. The van der Waals surface area contributed by atoms with Crippen molar-refractivity contribution in [1.82, 2.24) is 9.62 Å². The summed E-state index contributed by atoms with van der Waals surface area (Å²) < 4.78 is 73.7. The Morgan fingerprint density at radius 2 is 1.85 bits per heavy atom. The largest absolute Gasteiger partial charge is 0.443 e. The summed E-state index contributed by atoms with van der Waals surface area (Å²) in [4.78, 5) is 13.0. The Bertz CT molecular complexity index is 1660. The monoisotopic (exact) mass is 688 g/mol. The number of hydrogen-bond acceptors (Lipinski definition) is 9. The van der Waals surface area contributed by atoms with Gasteiger partial charge in [-0.1, -0.05) is 50.2 Å².